The first-order valence-electron chi connectivity index (χ1n) is 3.44. The van der Waals surface area contributed by atoms with Crippen molar-refractivity contribution in [1.29, 1.82) is 0 Å². The van der Waals surface area contributed by atoms with E-state index in [1.54, 1.807) is 6.08 Å². The molecule has 1 nitrogen and oxygen atoms in total. The van der Waals surface area contributed by atoms with E-state index >= 15 is 0 Å². The van der Waals surface area contributed by atoms with Gasteiger partial charge in [-0.05, 0) is 5.57 Å². The lowest BCUT2D eigenvalue weighted by Crippen LogP contribution is -2.17. The molecule has 0 radical (unpaired) electrons. The highest BCUT2D eigenvalue weighted by molar-refractivity contribution is 6.81. The van der Waals surface area contributed by atoms with Crippen LogP contribution >= 0.6 is 0 Å². The maximum Gasteiger partial charge on any atom is 0.0691 e. The number of hydrogen-bond acceptors (Lipinski definition) is 1. The summed E-state index contributed by atoms with van der Waals surface area (Å²) in [6, 6.07) is 0. The van der Waals surface area contributed by atoms with Gasteiger partial charge in [0.15, 0.2) is 0 Å². The van der Waals surface area contributed by atoms with Gasteiger partial charge in [0.1, 0.15) is 0 Å². The van der Waals surface area contributed by atoms with Gasteiger partial charge in [-0.2, -0.15) is 0 Å². The average Bonchev–Trinajstić information content (AvgIpc) is 1.81. The van der Waals surface area contributed by atoms with Crippen molar-refractivity contribution in [3.63, 3.8) is 0 Å². The van der Waals surface area contributed by atoms with E-state index in [2.05, 4.69) is 31.9 Å². The third-order valence-corrected chi connectivity index (χ3v) is 2.30. The minimum atomic E-state index is -1.16. The summed E-state index contributed by atoms with van der Waals surface area (Å²) < 4.78 is 0. The Morgan fingerprint density at radius 3 is 2.10 bits per heavy atom. The van der Waals surface area contributed by atoms with Crippen molar-refractivity contribution >= 4 is 8.07 Å². The van der Waals surface area contributed by atoms with E-state index < -0.39 is 8.07 Å². The van der Waals surface area contributed by atoms with E-state index in [0.29, 0.717) is 0 Å². The number of hydrogen-bond donors (Lipinski definition) is 1. The molecule has 0 unspecified atom stereocenters. The predicted octanol–water partition coefficient (Wildman–Crippen LogP) is 1.97. The van der Waals surface area contributed by atoms with E-state index in [4.69, 9.17) is 5.11 Å². The van der Waals surface area contributed by atoms with Crippen molar-refractivity contribution in [2.75, 3.05) is 6.61 Å². The first-order valence-corrected chi connectivity index (χ1v) is 7.02. The molecule has 0 rings (SSSR count). The minimum absolute atomic E-state index is 0.119. The largest absolute Gasteiger partial charge is 0.392 e. The molecule has 0 atom stereocenters. The lowest BCUT2D eigenvalue weighted by atomic mass is 10.3. The second kappa shape index (κ2) is 3.74. The van der Waals surface area contributed by atoms with Crippen molar-refractivity contribution < 1.29 is 5.11 Å². The Bertz CT molecular complexity index is 142. The molecule has 0 bridgehead atoms. The van der Waals surface area contributed by atoms with Crippen LogP contribution in [-0.2, 0) is 0 Å². The van der Waals surface area contributed by atoms with Crippen LogP contribution in [0.15, 0.2) is 23.9 Å². The molecule has 1 N–H and O–H groups in total. The molecule has 0 spiro atoms. The Morgan fingerprint density at radius 1 is 1.50 bits per heavy atom. The molecule has 0 saturated carbocycles. The third kappa shape index (κ3) is 4.53. The second-order valence-corrected chi connectivity index (χ2v) is 8.47. The van der Waals surface area contributed by atoms with Gasteiger partial charge in [0.25, 0.3) is 0 Å². The molecule has 0 aliphatic carbocycles. The smallest absolute Gasteiger partial charge is 0.0691 e. The van der Waals surface area contributed by atoms with Crippen LogP contribution in [0.2, 0.25) is 19.6 Å². The molecular weight excluding hydrogens is 140 g/mol. The number of aliphatic hydroxyl groups is 1. The zero-order valence-electron chi connectivity index (χ0n) is 7.02. The quantitative estimate of drug-likeness (QED) is 0.489. The zero-order valence-corrected chi connectivity index (χ0v) is 8.02. The summed E-state index contributed by atoms with van der Waals surface area (Å²) in [5.41, 5.74) is 3.11. The fourth-order valence-corrected chi connectivity index (χ4v) is 2.05. The summed E-state index contributed by atoms with van der Waals surface area (Å²) in [4.78, 5) is 0. The molecule has 0 aliphatic rings. The van der Waals surface area contributed by atoms with Crippen LogP contribution in [0.3, 0.4) is 0 Å². The molecular formula is C8H16OSi. The first-order chi connectivity index (χ1) is 4.49. The predicted molar refractivity (Wildman–Crippen MR) is 48.7 cm³/mol. The summed E-state index contributed by atoms with van der Waals surface area (Å²) in [6.45, 7) is 10.4. The lowest BCUT2D eigenvalue weighted by Gasteiger charge is -2.10. The van der Waals surface area contributed by atoms with E-state index in [1.165, 1.54) is 0 Å². The van der Waals surface area contributed by atoms with Gasteiger partial charge in [0.05, 0.1) is 14.7 Å². The molecule has 2 heteroatoms. The van der Waals surface area contributed by atoms with Crippen LogP contribution in [0.25, 0.3) is 0 Å². The van der Waals surface area contributed by atoms with Gasteiger partial charge in [-0.25, -0.2) is 0 Å². The van der Waals surface area contributed by atoms with E-state index in [1.807, 2.05) is 0 Å². The van der Waals surface area contributed by atoms with Crippen LogP contribution in [0.4, 0.5) is 0 Å². The zero-order chi connectivity index (χ0) is 8.20. The van der Waals surface area contributed by atoms with Crippen LogP contribution in [-0.4, -0.2) is 19.8 Å². The van der Waals surface area contributed by atoms with Crippen LogP contribution in [0.5, 0.6) is 0 Å². The molecule has 0 aromatic heterocycles. The number of rotatable bonds is 3. The highest BCUT2D eigenvalue weighted by Crippen LogP contribution is 2.06. The van der Waals surface area contributed by atoms with Crippen LogP contribution in [0, 0.1) is 0 Å². The topological polar surface area (TPSA) is 20.2 Å². The third-order valence-electron chi connectivity index (χ3n) is 1.06. The second-order valence-electron chi connectivity index (χ2n) is 3.45. The SMILES string of the molecule is C=C/C(=C\[Si](C)(C)C)CO. The van der Waals surface area contributed by atoms with E-state index in [9.17, 15) is 0 Å². The molecule has 0 aromatic carbocycles. The Hall–Kier alpha value is -0.343. The summed E-state index contributed by atoms with van der Waals surface area (Å²) in [5.74, 6) is 0. The van der Waals surface area contributed by atoms with Crippen molar-refractivity contribution in [1.82, 2.24) is 0 Å². The Kier molecular flexibility index (Phi) is 3.61. The fourth-order valence-electron chi connectivity index (χ4n) is 0.725. The van der Waals surface area contributed by atoms with Crippen LogP contribution in [0.1, 0.15) is 0 Å². The molecule has 0 heterocycles. The molecule has 0 aliphatic heterocycles. The Morgan fingerprint density at radius 2 is 2.00 bits per heavy atom. The summed E-state index contributed by atoms with van der Waals surface area (Å²) in [6.07, 6.45) is 1.72. The summed E-state index contributed by atoms with van der Waals surface area (Å²) >= 11 is 0. The van der Waals surface area contributed by atoms with Crippen molar-refractivity contribution in [3.05, 3.63) is 23.9 Å². The van der Waals surface area contributed by atoms with Gasteiger partial charge in [-0.1, -0.05) is 38.0 Å². The minimum Gasteiger partial charge on any atom is -0.392 e. The van der Waals surface area contributed by atoms with E-state index in [0.717, 1.165) is 5.57 Å². The summed E-state index contributed by atoms with van der Waals surface area (Å²) in [7, 11) is -1.16. The van der Waals surface area contributed by atoms with Crippen molar-refractivity contribution in [2.24, 2.45) is 0 Å². The molecule has 0 fully saturated rings. The fraction of sp³-hybridized carbons (Fsp3) is 0.500. The van der Waals surface area contributed by atoms with Gasteiger partial charge in [-0.3, -0.25) is 0 Å². The monoisotopic (exact) mass is 156 g/mol. The van der Waals surface area contributed by atoms with Gasteiger partial charge < -0.3 is 5.11 Å². The highest BCUT2D eigenvalue weighted by atomic mass is 28.3. The molecule has 0 amide bonds. The molecule has 0 saturated heterocycles. The van der Waals surface area contributed by atoms with Crippen LogP contribution < -0.4 is 0 Å². The summed E-state index contributed by atoms with van der Waals surface area (Å²) in [5, 5.41) is 8.77. The van der Waals surface area contributed by atoms with Gasteiger partial charge >= 0.3 is 0 Å². The molecule has 0 aromatic rings. The van der Waals surface area contributed by atoms with E-state index in [-0.39, 0.29) is 6.61 Å². The Labute approximate surface area is 64.1 Å². The molecule has 58 valence electrons. The van der Waals surface area contributed by atoms with Crippen molar-refractivity contribution in [2.45, 2.75) is 19.6 Å². The van der Waals surface area contributed by atoms with Gasteiger partial charge in [-0.15, -0.1) is 0 Å². The maximum absolute atomic E-state index is 8.77. The van der Waals surface area contributed by atoms with Crippen molar-refractivity contribution in [3.8, 4) is 0 Å². The first kappa shape index (κ1) is 9.66. The Balaban J connectivity index is 4.24. The van der Waals surface area contributed by atoms with Gasteiger partial charge in [0.2, 0.25) is 0 Å². The van der Waals surface area contributed by atoms with Gasteiger partial charge in [0, 0.05) is 0 Å². The molecule has 10 heavy (non-hydrogen) atoms. The maximum atomic E-state index is 8.77. The normalized spacial score (nSPS) is 13.4. The standard InChI is InChI=1S/C8H16OSi/c1-5-8(6-9)7-10(2,3)4/h5,7,9H,1,6H2,2-4H3/b8-7+. The highest BCUT2D eigenvalue weighted by Gasteiger charge is 2.08. The lowest BCUT2D eigenvalue weighted by molar-refractivity contribution is 0.335. The average molecular weight is 156 g/mol. The number of aliphatic hydroxyl groups excluding tert-OH is 1.